The molecule has 1 atom stereocenters. The Morgan fingerprint density at radius 3 is 1.36 bits per heavy atom. The van der Waals surface area contributed by atoms with Crippen LogP contribution in [0.25, 0.3) is 0 Å². The van der Waals surface area contributed by atoms with Crippen molar-refractivity contribution in [2.24, 2.45) is 5.73 Å². The normalized spacial score (nSPS) is 12.6. The largest absolute Gasteiger partial charge is 0.330 e. The molecule has 0 saturated carbocycles. The van der Waals surface area contributed by atoms with Crippen molar-refractivity contribution in [1.29, 1.82) is 0 Å². The molecule has 0 aliphatic rings. The fourth-order valence-corrected chi connectivity index (χ4v) is 3.63. The van der Waals surface area contributed by atoms with Crippen LogP contribution in [0.2, 0.25) is 0 Å². The van der Waals surface area contributed by atoms with Gasteiger partial charge in [0.2, 0.25) is 0 Å². The lowest BCUT2D eigenvalue weighted by molar-refractivity contribution is 0.457. The first-order valence-corrected chi connectivity index (χ1v) is 11.8. The van der Waals surface area contributed by atoms with Gasteiger partial charge < -0.3 is 11.1 Å². The van der Waals surface area contributed by atoms with E-state index in [1.165, 1.54) is 116 Å². The summed E-state index contributed by atoms with van der Waals surface area (Å²) in [6.07, 6.45) is 25.4. The summed E-state index contributed by atoms with van der Waals surface area (Å²) in [5.74, 6) is 0. The molecule has 0 rings (SSSR count). The van der Waals surface area contributed by atoms with Crippen LogP contribution < -0.4 is 11.1 Å². The van der Waals surface area contributed by atoms with Crippen LogP contribution in [0.5, 0.6) is 0 Å². The van der Waals surface area contributed by atoms with E-state index >= 15 is 0 Å². The van der Waals surface area contributed by atoms with E-state index in [9.17, 15) is 0 Å². The van der Waals surface area contributed by atoms with Gasteiger partial charge in [-0.25, -0.2) is 0 Å². The van der Waals surface area contributed by atoms with Crippen molar-refractivity contribution in [2.75, 3.05) is 13.1 Å². The topological polar surface area (TPSA) is 38.0 Å². The predicted molar refractivity (Wildman–Crippen MR) is 115 cm³/mol. The Morgan fingerprint density at radius 2 is 1.00 bits per heavy atom. The summed E-state index contributed by atoms with van der Waals surface area (Å²) < 4.78 is 0. The van der Waals surface area contributed by atoms with Gasteiger partial charge in [0.05, 0.1) is 0 Å². The van der Waals surface area contributed by atoms with Gasteiger partial charge in [0.25, 0.3) is 0 Å². The molecule has 2 heteroatoms. The number of nitrogens with two attached hydrogens (primary N) is 1. The Hall–Kier alpha value is -0.0800. The van der Waals surface area contributed by atoms with Gasteiger partial charge >= 0.3 is 0 Å². The number of nitrogens with one attached hydrogen (secondary N) is 1. The van der Waals surface area contributed by atoms with Gasteiger partial charge in [-0.15, -0.1) is 0 Å². The quantitative estimate of drug-likeness (QED) is 0.218. The van der Waals surface area contributed by atoms with E-state index in [0.29, 0.717) is 6.04 Å². The summed E-state index contributed by atoms with van der Waals surface area (Å²) in [5, 5.41) is 3.64. The fraction of sp³-hybridized carbons (Fsp3) is 1.00. The van der Waals surface area contributed by atoms with Gasteiger partial charge in [0.1, 0.15) is 0 Å². The molecule has 3 N–H and O–H groups in total. The fourth-order valence-electron chi connectivity index (χ4n) is 3.63. The number of hydrogen-bond donors (Lipinski definition) is 2. The number of rotatable bonds is 21. The lowest BCUT2D eigenvalue weighted by Gasteiger charge is -2.15. The zero-order valence-electron chi connectivity index (χ0n) is 17.8. The molecule has 0 aliphatic heterocycles. The maximum Gasteiger partial charge on any atom is 0.00764 e. The number of unbranched alkanes of at least 4 members (excludes halogenated alkanes) is 15. The van der Waals surface area contributed by atoms with Crippen LogP contribution in [-0.2, 0) is 0 Å². The van der Waals surface area contributed by atoms with Gasteiger partial charge in [-0.05, 0) is 32.4 Å². The summed E-state index contributed by atoms with van der Waals surface area (Å²) in [5.41, 5.74) is 5.63. The van der Waals surface area contributed by atoms with E-state index < -0.39 is 0 Å². The Balaban J connectivity index is 3.07. The summed E-state index contributed by atoms with van der Waals surface area (Å²) in [7, 11) is 0. The van der Waals surface area contributed by atoms with Crippen molar-refractivity contribution in [3.05, 3.63) is 0 Å². The minimum atomic E-state index is 0.640. The van der Waals surface area contributed by atoms with Gasteiger partial charge in [0.15, 0.2) is 0 Å². The van der Waals surface area contributed by atoms with Crippen LogP contribution in [0, 0.1) is 0 Å². The zero-order chi connectivity index (χ0) is 18.4. The average molecular weight is 355 g/mol. The molecule has 0 aromatic rings. The second kappa shape index (κ2) is 22.0. The molecule has 0 fully saturated rings. The molecule has 0 saturated heterocycles. The smallest absolute Gasteiger partial charge is 0.00764 e. The Labute approximate surface area is 160 Å². The first-order valence-electron chi connectivity index (χ1n) is 11.8. The maximum absolute atomic E-state index is 5.63. The van der Waals surface area contributed by atoms with Gasteiger partial charge in [-0.1, -0.05) is 110 Å². The van der Waals surface area contributed by atoms with Crippen LogP contribution in [0.1, 0.15) is 129 Å². The second-order valence-corrected chi connectivity index (χ2v) is 7.94. The molecule has 152 valence electrons. The van der Waals surface area contributed by atoms with Gasteiger partial charge in [0, 0.05) is 6.04 Å². The summed E-state index contributed by atoms with van der Waals surface area (Å²) in [4.78, 5) is 0. The second-order valence-electron chi connectivity index (χ2n) is 7.94. The molecule has 0 aromatic carbocycles. The highest BCUT2D eigenvalue weighted by atomic mass is 14.9. The molecular formula is C23H50N2. The Morgan fingerprint density at radius 1 is 0.600 bits per heavy atom. The molecule has 0 spiro atoms. The number of hydrogen-bond acceptors (Lipinski definition) is 2. The standard InChI is InChI=1S/C23H50N2/c1-3-5-6-7-8-9-10-11-12-13-14-15-16-17-18-19-22-25-23(4-2)20-21-24/h23,25H,3-22,24H2,1-2H3. The lowest BCUT2D eigenvalue weighted by atomic mass is 10.0. The third-order valence-electron chi connectivity index (χ3n) is 5.47. The highest BCUT2D eigenvalue weighted by Crippen LogP contribution is 2.13. The van der Waals surface area contributed by atoms with Crippen molar-refractivity contribution in [3.8, 4) is 0 Å². The molecule has 0 bridgehead atoms. The average Bonchev–Trinajstić information content (AvgIpc) is 2.63. The van der Waals surface area contributed by atoms with Crippen molar-refractivity contribution in [3.63, 3.8) is 0 Å². The van der Waals surface area contributed by atoms with Crippen molar-refractivity contribution in [1.82, 2.24) is 5.32 Å². The molecule has 2 nitrogen and oxygen atoms in total. The highest BCUT2D eigenvalue weighted by molar-refractivity contribution is 4.64. The summed E-state index contributed by atoms with van der Waals surface area (Å²) in [6, 6.07) is 0.640. The maximum atomic E-state index is 5.63. The lowest BCUT2D eigenvalue weighted by Crippen LogP contribution is -2.31. The summed E-state index contributed by atoms with van der Waals surface area (Å²) in [6.45, 7) is 6.53. The third-order valence-corrected chi connectivity index (χ3v) is 5.47. The SMILES string of the molecule is CCCCCCCCCCCCCCCCCCNC(CC)CCN. The van der Waals surface area contributed by atoms with Crippen molar-refractivity contribution < 1.29 is 0 Å². The van der Waals surface area contributed by atoms with E-state index in [-0.39, 0.29) is 0 Å². The molecule has 1 unspecified atom stereocenters. The van der Waals surface area contributed by atoms with E-state index in [2.05, 4.69) is 19.2 Å². The molecular weight excluding hydrogens is 304 g/mol. The van der Waals surface area contributed by atoms with Crippen LogP contribution in [-0.4, -0.2) is 19.1 Å². The molecule has 0 amide bonds. The van der Waals surface area contributed by atoms with Gasteiger partial charge in [-0.3, -0.25) is 0 Å². The van der Waals surface area contributed by atoms with Crippen LogP contribution >= 0.6 is 0 Å². The third kappa shape index (κ3) is 20.1. The zero-order valence-corrected chi connectivity index (χ0v) is 17.8. The van der Waals surface area contributed by atoms with Crippen LogP contribution in [0.15, 0.2) is 0 Å². The van der Waals surface area contributed by atoms with E-state index in [0.717, 1.165) is 13.0 Å². The van der Waals surface area contributed by atoms with Crippen LogP contribution in [0.4, 0.5) is 0 Å². The minimum Gasteiger partial charge on any atom is -0.330 e. The molecule has 0 radical (unpaired) electrons. The minimum absolute atomic E-state index is 0.640. The molecule has 0 aromatic heterocycles. The van der Waals surface area contributed by atoms with E-state index in [4.69, 9.17) is 5.73 Å². The van der Waals surface area contributed by atoms with E-state index in [1.54, 1.807) is 0 Å². The molecule has 25 heavy (non-hydrogen) atoms. The predicted octanol–water partition coefficient (Wildman–Crippen LogP) is 6.96. The Kier molecular flexibility index (Phi) is 21.9. The molecule has 0 heterocycles. The monoisotopic (exact) mass is 354 g/mol. The first kappa shape index (κ1) is 24.9. The van der Waals surface area contributed by atoms with Crippen molar-refractivity contribution >= 4 is 0 Å². The summed E-state index contributed by atoms with van der Waals surface area (Å²) >= 11 is 0. The van der Waals surface area contributed by atoms with Crippen LogP contribution in [0.3, 0.4) is 0 Å². The highest BCUT2D eigenvalue weighted by Gasteiger charge is 2.02. The van der Waals surface area contributed by atoms with E-state index in [1.807, 2.05) is 0 Å². The van der Waals surface area contributed by atoms with Gasteiger partial charge in [-0.2, -0.15) is 0 Å². The Bertz CT molecular complexity index is 230. The van der Waals surface area contributed by atoms with Crippen molar-refractivity contribution in [2.45, 2.75) is 135 Å². The molecule has 0 aliphatic carbocycles. The first-order chi connectivity index (χ1) is 12.3.